The normalized spacial score (nSPS) is 10.9. The quantitative estimate of drug-likeness (QED) is 0.246. The molecule has 0 spiro atoms. The van der Waals surface area contributed by atoms with Gasteiger partial charge in [-0.1, -0.05) is 49.2 Å². The summed E-state index contributed by atoms with van der Waals surface area (Å²) in [6.07, 6.45) is 3.72. The lowest BCUT2D eigenvalue weighted by Crippen LogP contribution is -2.30. The number of amides is 2. The Hall–Kier alpha value is -4.39. The number of carbonyl (C=O) groups is 3. The maximum atomic E-state index is 13.5. The van der Waals surface area contributed by atoms with Crippen LogP contribution in [-0.4, -0.2) is 41.0 Å². The molecule has 39 heavy (non-hydrogen) atoms. The minimum Gasteiger partial charge on any atom is -0.508 e. The first kappa shape index (κ1) is 27.6. The van der Waals surface area contributed by atoms with Crippen molar-refractivity contribution < 1.29 is 19.5 Å². The van der Waals surface area contributed by atoms with Gasteiger partial charge in [0.15, 0.2) is 0 Å². The highest BCUT2D eigenvalue weighted by atomic mass is 16.3. The molecule has 0 bridgehead atoms. The Morgan fingerprint density at radius 2 is 1.49 bits per heavy atom. The van der Waals surface area contributed by atoms with Gasteiger partial charge in [0.1, 0.15) is 5.75 Å². The molecule has 7 heteroatoms. The standard InChI is InChI=1S/C32H35N3O4/c1-23-31(28-22-27(37)19-20-29(28)35(23)32(39)25-14-8-6-9-15-25)34(24(2)36)21-13-5-4-12-18-30(38)33(3)26-16-10-7-11-17-26/h6-11,14-17,19-20,22,37H,4-5,12-13,18,21H2,1-3H3. The second-order valence-electron chi connectivity index (χ2n) is 9.77. The number of hydrogen-bond acceptors (Lipinski definition) is 4. The minimum absolute atomic E-state index is 0.0710. The molecule has 0 aliphatic carbocycles. The maximum Gasteiger partial charge on any atom is 0.262 e. The van der Waals surface area contributed by atoms with E-state index in [-0.39, 0.29) is 23.5 Å². The van der Waals surface area contributed by atoms with Crippen molar-refractivity contribution in [3.63, 3.8) is 0 Å². The van der Waals surface area contributed by atoms with Gasteiger partial charge in [0.25, 0.3) is 5.91 Å². The van der Waals surface area contributed by atoms with Crippen LogP contribution in [-0.2, 0) is 9.59 Å². The Balaban J connectivity index is 1.45. The van der Waals surface area contributed by atoms with Crippen LogP contribution in [0.15, 0.2) is 78.9 Å². The highest BCUT2D eigenvalue weighted by molar-refractivity contribution is 6.11. The van der Waals surface area contributed by atoms with E-state index in [0.717, 1.165) is 31.4 Å². The van der Waals surface area contributed by atoms with E-state index in [1.54, 1.807) is 51.7 Å². The molecule has 0 saturated carbocycles. The van der Waals surface area contributed by atoms with E-state index in [9.17, 15) is 19.5 Å². The van der Waals surface area contributed by atoms with Crippen molar-refractivity contribution in [3.8, 4) is 5.75 Å². The Morgan fingerprint density at radius 1 is 0.846 bits per heavy atom. The van der Waals surface area contributed by atoms with Crippen LogP contribution in [0.5, 0.6) is 5.75 Å². The molecule has 3 aromatic carbocycles. The first-order chi connectivity index (χ1) is 18.8. The second-order valence-corrected chi connectivity index (χ2v) is 9.77. The number of carbonyl (C=O) groups excluding carboxylic acids is 3. The molecule has 0 unspecified atom stereocenters. The zero-order valence-corrected chi connectivity index (χ0v) is 22.8. The van der Waals surface area contributed by atoms with Gasteiger partial charge in [-0.25, -0.2) is 0 Å². The fourth-order valence-electron chi connectivity index (χ4n) is 4.99. The third-order valence-corrected chi connectivity index (χ3v) is 7.07. The number of unbranched alkanes of at least 4 members (excludes halogenated alkanes) is 3. The second kappa shape index (κ2) is 12.4. The minimum atomic E-state index is -0.191. The first-order valence-corrected chi connectivity index (χ1v) is 13.3. The van der Waals surface area contributed by atoms with Crippen LogP contribution in [0.1, 0.15) is 55.1 Å². The summed E-state index contributed by atoms with van der Waals surface area (Å²) < 4.78 is 1.62. The van der Waals surface area contributed by atoms with Gasteiger partial charge in [-0.05, 0) is 62.2 Å². The molecular formula is C32H35N3O4. The van der Waals surface area contributed by atoms with Gasteiger partial charge in [0, 0.05) is 49.3 Å². The molecular weight excluding hydrogens is 490 g/mol. The number of phenolic OH excluding ortho intramolecular Hbond substituents is 1. The van der Waals surface area contributed by atoms with Crippen LogP contribution in [0.3, 0.4) is 0 Å². The van der Waals surface area contributed by atoms with Crippen molar-refractivity contribution in [2.75, 3.05) is 23.4 Å². The molecule has 202 valence electrons. The van der Waals surface area contributed by atoms with E-state index in [2.05, 4.69) is 0 Å². The van der Waals surface area contributed by atoms with E-state index < -0.39 is 0 Å². The smallest absolute Gasteiger partial charge is 0.262 e. The number of para-hydroxylation sites is 1. The van der Waals surface area contributed by atoms with Gasteiger partial charge >= 0.3 is 0 Å². The monoisotopic (exact) mass is 525 g/mol. The summed E-state index contributed by atoms with van der Waals surface area (Å²) in [4.78, 5) is 42.2. The molecule has 1 N–H and O–H groups in total. The Bertz CT molecular complexity index is 1460. The molecule has 2 amide bonds. The molecule has 0 atom stereocenters. The Labute approximate surface area is 229 Å². The Kier molecular flexibility index (Phi) is 8.81. The lowest BCUT2D eigenvalue weighted by molar-refractivity contribution is -0.118. The third-order valence-electron chi connectivity index (χ3n) is 7.07. The molecule has 1 aromatic heterocycles. The number of fused-ring (bicyclic) bond motifs is 1. The van der Waals surface area contributed by atoms with Crippen molar-refractivity contribution in [2.45, 2.75) is 46.0 Å². The third kappa shape index (κ3) is 6.20. The average Bonchev–Trinajstić information content (AvgIpc) is 3.22. The highest BCUT2D eigenvalue weighted by Gasteiger charge is 2.25. The largest absolute Gasteiger partial charge is 0.508 e. The number of anilines is 2. The molecule has 0 fully saturated rings. The average molecular weight is 526 g/mol. The number of phenols is 1. The summed E-state index contributed by atoms with van der Waals surface area (Å²) in [6, 6.07) is 23.5. The van der Waals surface area contributed by atoms with Crippen LogP contribution in [0, 0.1) is 6.92 Å². The molecule has 1 heterocycles. The van der Waals surface area contributed by atoms with Gasteiger partial charge in [-0.3, -0.25) is 19.0 Å². The molecule has 0 radical (unpaired) electrons. The van der Waals surface area contributed by atoms with E-state index in [0.29, 0.717) is 40.8 Å². The molecule has 4 rings (SSSR count). The van der Waals surface area contributed by atoms with Crippen LogP contribution in [0.25, 0.3) is 10.9 Å². The first-order valence-electron chi connectivity index (χ1n) is 13.3. The summed E-state index contributed by atoms with van der Waals surface area (Å²) >= 11 is 0. The zero-order chi connectivity index (χ0) is 27.9. The summed E-state index contributed by atoms with van der Waals surface area (Å²) in [7, 11) is 1.79. The van der Waals surface area contributed by atoms with Gasteiger partial charge in [0.2, 0.25) is 11.8 Å². The fourth-order valence-corrected chi connectivity index (χ4v) is 4.99. The predicted octanol–water partition coefficient (Wildman–Crippen LogP) is 6.31. The highest BCUT2D eigenvalue weighted by Crippen LogP contribution is 2.36. The van der Waals surface area contributed by atoms with E-state index in [1.807, 2.05) is 55.5 Å². The molecule has 0 saturated heterocycles. The summed E-state index contributed by atoms with van der Waals surface area (Å²) in [5.41, 5.74) is 3.35. The molecule has 7 nitrogen and oxygen atoms in total. The lowest BCUT2D eigenvalue weighted by atomic mass is 10.1. The van der Waals surface area contributed by atoms with E-state index in [4.69, 9.17) is 0 Å². The van der Waals surface area contributed by atoms with Crippen LogP contribution in [0.2, 0.25) is 0 Å². The van der Waals surface area contributed by atoms with E-state index >= 15 is 0 Å². The number of hydrogen-bond donors (Lipinski definition) is 1. The summed E-state index contributed by atoms with van der Waals surface area (Å²) in [6.45, 7) is 3.82. The molecule has 0 aliphatic rings. The summed E-state index contributed by atoms with van der Waals surface area (Å²) in [5.74, 6) is -0.171. The van der Waals surface area contributed by atoms with Crippen molar-refractivity contribution in [1.82, 2.24) is 4.57 Å². The Morgan fingerprint density at radius 3 is 2.15 bits per heavy atom. The number of aromatic nitrogens is 1. The molecule has 4 aromatic rings. The number of nitrogens with zero attached hydrogens (tertiary/aromatic N) is 3. The van der Waals surface area contributed by atoms with Crippen molar-refractivity contribution in [1.29, 1.82) is 0 Å². The van der Waals surface area contributed by atoms with Crippen LogP contribution >= 0.6 is 0 Å². The number of rotatable bonds is 10. The number of benzene rings is 3. The zero-order valence-electron chi connectivity index (χ0n) is 22.8. The predicted molar refractivity (Wildman–Crippen MR) is 155 cm³/mol. The lowest BCUT2D eigenvalue weighted by Gasteiger charge is -2.22. The van der Waals surface area contributed by atoms with Crippen molar-refractivity contribution in [2.24, 2.45) is 0 Å². The van der Waals surface area contributed by atoms with Crippen molar-refractivity contribution in [3.05, 3.63) is 90.1 Å². The topological polar surface area (TPSA) is 82.9 Å². The van der Waals surface area contributed by atoms with Gasteiger partial charge in [0.05, 0.1) is 11.2 Å². The summed E-state index contributed by atoms with van der Waals surface area (Å²) in [5, 5.41) is 10.9. The molecule has 0 aliphatic heterocycles. The van der Waals surface area contributed by atoms with Gasteiger partial charge < -0.3 is 14.9 Å². The maximum absolute atomic E-state index is 13.5. The van der Waals surface area contributed by atoms with Crippen LogP contribution < -0.4 is 9.80 Å². The van der Waals surface area contributed by atoms with E-state index in [1.165, 1.54) is 6.92 Å². The van der Waals surface area contributed by atoms with Gasteiger partial charge in [-0.15, -0.1) is 0 Å². The van der Waals surface area contributed by atoms with Gasteiger partial charge in [-0.2, -0.15) is 0 Å². The van der Waals surface area contributed by atoms with Crippen molar-refractivity contribution >= 4 is 40.0 Å². The fraction of sp³-hybridized carbons (Fsp3) is 0.281. The van der Waals surface area contributed by atoms with Crippen LogP contribution in [0.4, 0.5) is 11.4 Å². The number of aromatic hydroxyl groups is 1. The SMILES string of the molecule is CC(=O)N(CCCCCCC(=O)N(C)c1ccccc1)c1c(C)n(C(=O)c2ccccc2)c2ccc(O)cc12.